The van der Waals surface area contributed by atoms with Crippen LogP contribution >= 0.6 is 22.6 Å². The number of nitrogens with two attached hydrogens (primary N) is 1. The van der Waals surface area contributed by atoms with Gasteiger partial charge in [-0.05, 0) is 70.7 Å². The van der Waals surface area contributed by atoms with Gasteiger partial charge in [-0.3, -0.25) is 0 Å². The van der Waals surface area contributed by atoms with Crippen molar-refractivity contribution >= 4 is 28.3 Å². The number of fused-ring (bicyclic) bond motifs is 1. The normalized spacial score (nSPS) is 12.8. The van der Waals surface area contributed by atoms with Crippen LogP contribution in [-0.4, -0.2) is 0 Å². The van der Waals surface area contributed by atoms with Gasteiger partial charge in [-0.2, -0.15) is 5.26 Å². The molecule has 0 amide bonds. The Morgan fingerprint density at radius 3 is 2.76 bits per heavy atom. The summed E-state index contributed by atoms with van der Waals surface area (Å²) in [6.45, 7) is 0.499. The van der Waals surface area contributed by atoms with Crippen molar-refractivity contribution in [2.24, 2.45) is 0 Å². The second kappa shape index (κ2) is 5.94. The van der Waals surface area contributed by atoms with Gasteiger partial charge >= 0.3 is 0 Å². The molecule has 3 rings (SSSR count). The lowest BCUT2D eigenvalue weighted by Crippen LogP contribution is -2.02. The maximum Gasteiger partial charge on any atom is 0.156 e. The van der Waals surface area contributed by atoms with Crippen molar-refractivity contribution in [1.82, 2.24) is 0 Å². The summed E-state index contributed by atoms with van der Waals surface area (Å²) in [4.78, 5) is 0. The van der Waals surface area contributed by atoms with Crippen molar-refractivity contribution in [3.8, 4) is 11.8 Å². The number of nitrogens with zero attached hydrogens (tertiary/aromatic N) is 1. The first-order valence-corrected chi connectivity index (χ1v) is 7.98. The zero-order chi connectivity index (χ0) is 14.8. The lowest BCUT2D eigenvalue weighted by atomic mass is 10.1. The molecule has 0 fully saturated rings. The van der Waals surface area contributed by atoms with Crippen molar-refractivity contribution in [3.63, 3.8) is 0 Å². The molecule has 0 unspecified atom stereocenters. The molecule has 0 saturated carbocycles. The molecule has 1 aliphatic rings. The molecule has 1 aliphatic carbocycles. The number of hydrogen-bond acceptors (Lipinski definition) is 3. The molecule has 0 atom stereocenters. The Balaban J connectivity index is 1.78. The maximum atomic E-state index is 8.93. The molecule has 2 aromatic carbocycles. The molecule has 2 N–H and O–H groups in total. The van der Waals surface area contributed by atoms with Crippen molar-refractivity contribution in [3.05, 3.63) is 56.2 Å². The number of benzene rings is 2. The lowest BCUT2D eigenvalue weighted by Gasteiger charge is -2.12. The van der Waals surface area contributed by atoms with Gasteiger partial charge in [0.05, 0.1) is 20.9 Å². The molecule has 106 valence electrons. The zero-order valence-electron chi connectivity index (χ0n) is 11.5. The van der Waals surface area contributed by atoms with Gasteiger partial charge in [0.2, 0.25) is 0 Å². The Hall–Kier alpha value is -1.74. The fourth-order valence-corrected chi connectivity index (χ4v) is 3.50. The predicted octanol–water partition coefficient (Wildman–Crippen LogP) is 3.81. The number of nitrogen functional groups attached to an aromatic ring is 1. The molecule has 0 saturated heterocycles. The third-order valence-corrected chi connectivity index (χ3v) is 4.55. The molecule has 0 heterocycles. The summed E-state index contributed by atoms with van der Waals surface area (Å²) >= 11 is 2.15. The molecule has 0 aliphatic heterocycles. The fourth-order valence-electron chi connectivity index (χ4n) is 2.70. The first kappa shape index (κ1) is 14.2. The van der Waals surface area contributed by atoms with E-state index in [2.05, 4.69) is 46.9 Å². The number of hydrogen-bond donors (Lipinski definition) is 1. The number of nitriles is 1. The number of rotatable bonds is 3. The average Bonchev–Trinajstić information content (AvgIpc) is 2.93. The van der Waals surface area contributed by atoms with Crippen LogP contribution in [0.3, 0.4) is 0 Å². The average molecular weight is 390 g/mol. The van der Waals surface area contributed by atoms with Gasteiger partial charge in [0, 0.05) is 0 Å². The summed E-state index contributed by atoms with van der Waals surface area (Å²) in [5, 5.41) is 8.93. The number of halogens is 1. The van der Waals surface area contributed by atoms with Crippen molar-refractivity contribution < 1.29 is 4.74 Å². The minimum absolute atomic E-state index is 0.499. The minimum Gasteiger partial charge on any atom is -0.486 e. The summed E-state index contributed by atoms with van der Waals surface area (Å²) in [6, 6.07) is 12.1. The van der Waals surface area contributed by atoms with Crippen LogP contribution in [0.2, 0.25) is 0 Å². The topological polar surface area (TPSA) is 59.0 Å². The molecule has 3 nitrogen and oxygen atoms in total. The SMILES string of the molecule is N#Cc1cc(N)c(OCc2ccc3c(c2)CCC3)c(I)c1. The van der Waals surface area contributed by atoms with Gasteiger partial charge in [0.25, 0.3) is 0 Å². The van der Waals surface area contributed by atoms with Crippen LogP contribution in [0.4, 0.5) is 5.69 Å². The monoisotopic (exact) mass is 390 g/mol. The summed E-state index contributed by atoms with van der Waals surface area (Å²) in [7, 11) is 0. The lowest BCUT2D eigenvalue weighted by molar-refractivity contribution is 0.305. The fraction of sp³-hybridized carbons (Fsp3) is 0.235. The highest BCUT2D eigenvalue weighted by molar-refractivity contribution is 14.1. The smallest absolute Gasteiger partial charge is 0.156 e. The molecule has 4 heteroatoms. The first-order chi connectivity index (χ1) is 10.2. The van der Waals surface area contributed by atoms with Gasteiger partial charge in [-0.15, -0.1) is 0 Å². The van der Waals surface area contributed by atoms with E-state index >= 15 is 0 Å². The van der Waals surface area contributed by atoms with Crippen molar-refractivity contribution in [2.45, 2.75) is 25.9 Å². The molecular weight excluding hydrogens is 375 g/mol. The standard InChI is InChI=1S/C17H15IN2O/c18-15-7-12(9-19)8-16(20)17(15)21-10-11-4-5-13-2-1-3-14(13)6-11/h4-8H,1-3,10,20H2. The van der Waals surface area contributed by atoms with E-state index < -0.39 is 0 Å². The Kier molecular flexibility index (Phi) is 4.02. The van der Waals surface area contributed by atoms with E-state index in [9.17, 15) is 0 Å². The van der Waals surface area contributed by atoms with Crippen LogP contribution in [0, 0.1) is 14.9 Å². The Morgan fingerprint density at radius 2 is 2.00 bits per heavy atom. The first-order valence-electron chi connectivity index (χ1n) is 6.90. The highest BCUT2D eigenvalue weighted by atomic mass is 127. The highest BCUT2D eigenvalue weighted by Crippen LogP contribution is 2.31. The van der Waals surface area contributed by atoms with E-state index in [1.807, 2.05) is 0 Å². The molecule has 0 spiro atoms. The van der Waals surface area contributed by atoms with E-state index in [0.29, 0.717) is 23.6 Å². The molecule has 0 aromatic heterocycles. The van der Waals surface area contributed by atoms with Crippen LogP contribution in [0.25, 0.3) is 0 Å². The third-order valence-electron chi connectivity index (χ3n) is 3.75. The minimum atomic E-state index is 0.499. The predicted molar refractivity (Wildman–Crippen MR) is 91.1 cm³/mol. The largest absolute Gasteiger partial charge is 0.486 e. The van der Waals surface area contributed by atoms with Gasteiger partial charge in [-0.1, -0.05) is 18.2 Å². The van der Waals surface area contributed by atoms with E-state index in [0.717, 1.165) is 9.13 Å². The van der Waals surface area contributed by atoms with E-state index in [1.54, 1.807) is 12.1 Å². The molecule has 2 aromatic rings. The second-order valence-corrected chi connectivity index (χ2v) is 6.40. The van der Waals surface area contributed by atoms with Crippen LogP contribution in [0.15, 0.2) is 30.3 Å². The zero-order valence-corrected chi connectivity index (χ0v) is 13.7. The van der Waals surface area contributed by atoms with E-state index in [1.165, 1.54) is 30.4 Å². The van der Waals surface area contributed by atoms with E-state index in [-0.39, 0.29) is 0 Å². The third kappa shape index (κ3) is 2.98. The van der Waals surface area contributed by atoms with Crippen molar-refractivity contribution in [1.29, 1.82) is 5.26 Å². The summed E-state index contributed by atoms with van der Waals surface area (Å²) in [6.07, 6.45) is 3.61. The van der Waals surface area contributed by atoms with Gasteiger partial charge in [0.1, 0.15) is 6.61 Å². The second-order valence-electron chi connectivity index (χ2n) is 5.23. The summed E-state index contributed by atoms with van der Waals surface area (Å²) in [5.74, 6) is 0.662. The molecular formula is C17H15IN2O. The Bertz CT molecular complexity index is 711. The highest BCUT2D eigenvalue weighted by Gasteiger charge is 2.12. The van der Waals surface area contributed by atoms with Gasteiger partial charge in [-0.25, -0.2) is 0 Å². The Morgan fingerprint density at radius 1 is 1.19 bits per heavy atom. The van der Waals surface area contributed by atoms with E-state index in [4.69, 9.17) is 15.7 Å². The van der Waals surface area contributed by atoms with Crippen LogP contribution in [0.5, 0.6) is 5.75 Å². The van der Waals surface area contributed by atoms with Gasteiger partial charge in [0.15, 0.2) is 5.75 Å². The maximum absolute atomic E-state index is 8.93. The Labute approximate surface area is 137 Å². The summed E-state index contributed by atoms with van der Waals surface area (Å²) < 4.78 is 6.74. The van der Waals surface area contributed by atoms with Crippen LogP contribution in [-0.2, 0) is 19.4 Å². The number of ether oxygens (including phenoxy) is 1. The molecule has 0 radical (unpaired) electrons. The van der Waals surface area contributed by atoms with Gasteiger partial charge < -0.3 is 10.5 Å². The molecule has 0 bridgehead atoms. The summed E-state index contributed by atoms with van der Waals surface area (Å²) in [5.41, 5.74) is 11.1. The number of aryl methyl sites for hydroxylation is 2. The van der Waals surface area contributed by atoms with Crippen molar-refractivity contribution in [2.75, 3.05) is 5.73 Å². The number of anilines is 1. The van der Waals surface area contributed by atoms with Crippen LogP contribution < -0.4 is 10.5 Å². The quantitative estimate of drug-likeness (QED) is 0.641. The van der Waals surface area contributed by atoms with Crippen LogP contribution in [0.1, 0.15) is 28.7 Å². The molecule has 21 heavy (non-hydrogen) atoms.